The maximum Gasteiger partial charge on any atom is 0.240 e. The SMILES string of the molecule is Cc1ccc(S(=O)(=O)NC[C@H]2CCCN(Cc3ccc[nH]3)C2)cc1. The van der Waals surface area contributed by atoms with Gasteiger partial charge in [-0.2, -0.15) is 0 Å². The second kappa shape index (κ2) is 7.51. The van der Waals surface area contributed by atoms with E-state index in [1.807, 2.05) is 31.3 Å². The summed E-state index contributed by atoms with van der Waals surface area (Å²) < 4.78 is 27.6. The van der Waals surface area contributed by atoms with Crippen LogP contribution in [-0.2, 0) is 16.6 Å². The Morgan fingerprint density at radius 3 is 2.75 bits per heavy atom. The molecule has 1 saturated heterocycles. The molecular formula is C18H25N3O2S. The zero-order valence-corrected chi connectivity index (χ0v) is 14.8. The molecule has 0 amide bonds. The van der Waals surface area contributed by atoms with E-state index in [2.05, 4.69) is 20.7 Å². The lowest BCUT2D eigenvalue weighted by molar-refractivity contribution is 0.167. The van der Waals surface area contributed by atoms with Crippen molar-refractivity contribution in [2.24, 2.45) is 5.92 Å². The number of hydrogen-bond acceptors (Lipinski definition) is 3. The number of sulfonamides is 1. The molecule has 0 saturated carbocycles. The van der Waals surface area contributed by atoms with Crippen molar-refractivity contribution in [3.05, 3.63) is 53.9 Å². The third-order valence-corrected chi connectivity index (χ3v) is 5.99. The summed E-state index contributed by atoms with van der Waals surface area (Å²) in [4.78, 5) is 5.96. The van der Waals surface area contributed by atoms with Crippen LogP contribution in [-0.4, -0.2) is 37.9 Å². The molecule has 1 aliphatic heterocycles. The molecule has 1 fully saturated rings. The first-order chi connectivity index (χ1) is 11.5. The van der Waals surface area contributed by atoms with Crippen molar-refractivity contribution in [3.8, 4) is 0 Å². The van der Waals surface area contributed by atoms with Crippen LogP contribution in [0.25, 0.3) is 0 Å². The third kappa shape index (κ3) is 4.47. The van der Waals surface area contributed by atoms with Gasteiger partial charge in [-0.1, -0.05) is 17.7 Å². The molecule has 3 rings (SSSR count). The fraction of sp³-hybridized carbons (Fsp3) is 0.444. The Hall–Kier alpha value is -1.63. The Bertz CT molecular complexity index is 739. The molecule has 0 unspecified atom stereocenters. The molecule has 1 aromatic heterocycles. The predicted octanol–water partition coefficient (Wildman–Crippen LogP) is 2.51. The third-order valence-electron chi connectivity index (χ3n) is 4.55. The van der Waals surface area contributed by atoms with Gasteiger partial charge in [-0.3, -0.25) is 4.90 Å². The maximum absolute atomic E-state index is 12.4. The first-order valence-electron chi connectivity index (χ1n) is 8.44. The van der Waals surface area contributed by atoms with Crippen LogP contribution in [0.2, 0.25) is 0 Å². The van der Waals surface area contributed by atoms with E-state index < -0.39 is 10.0 Å². The minimum Gasteiger partial charge on any atom is -0.364 e. The number of piperidine rings is 1. The average Bonchev–Trinajstić information content (AvgIpc) is 3.07. The summed E-state index contributed by atoms with van der Waals surface area (Å²) in [5, 5.41) is 0. The maximum atomic E-state index is 12.4. The summed E-state index contributed by atoms with van der Waals surface area (Å²) in [7, 11) is -3.42. The smallest absolute Gasteiger partial charge is 0.240 e. The Labute approximate surface area is 144 Å². The number of hydrogen-bond donors (Lipinski definition) is 2. The molecule has 2 heterocycles. The highest BCUT2D eigenvalue weighted by molar-refractivity contribution is 7.89. The van der Waals surface area contributed by atoms with Crippen molar-refractivity contribution < 1.29 is 8.42 Å². The van der Waals surface area contributed by atoms with Crippen LogP contribution in [0.3, 0.4) is 0 Å². The van der Waals surface area contributed by atoms with Gasteiger partial charge < -0.3 is 4.98 Å². The molecule has 0 bridgehead atoms. The minimum atomic E-state index is -3.42. The summed E-state index contributed by atoms with van der Waals surface area (Å²) in [6, 6.07) is 11.1. The van der Waals surface area contributed by atoms with Crippen molar-refractivity contribution in [2.75, 3.05) is 19.6 Å². The zero-order valence-electron chi connectivity index (χ0n) is 14.0. The highest BCUT2D eigenvalue weighted by Gasteiger charge is 2.22. The van der Waals surface area contributed by atoms with Gasteiger partial charge >= 0.3 is 0 Å². The van der Waals surface area contributed by atoms with Gasteiger partial charge in [0.25, 0.3) is 0 Å². The molecule has 5 nitrogen and oxygen atoms in total. The number of nitrogens with zero attached hydrogens (tertiary/aromatic N) is 1. The van der Waals surface area contributed by atoms with Gasteiger partial charge in [-0.25, -0.2) is 13.1 Å². The number of rotatable bonds is 6. The standard InChI is InChI=1S/C18H25N3O2S/c1-15-6-8-18(9-7-15)24(22,23)20-12-16-4-3-11-21(13-16)14-17-5-2-10-19-17/h2,5-10,16,19-20H,3-4,11-14H2,1H3/t16-/m1/s1. The van der Waals surface area contributed by atoms with E-state index in [1.165, 1.54) is 5.69 Å². The van der Waals surface area contributed by atoms with E-state index >= 15 is 0 Å². The summed E-state index contributed by atoms with van der Waals surface area (Å²) in [6.07, 6.45) is 4.11. The summed E-state index contributed by atoms with van der Waals surface area (Å²) >= 11 is 0. The first kappa shape index (κ1) is 17.2. The number of aromatic amines is 1. The summed E-state index contributed by atoms with van der Waals surface area (Å²) in [5.41, 5.74) is 2.26. The molecule has 130 valence electrons. The molecule has 0 spiro atoms. The van der Waals surface area contributed by atoms with Crippen LogP contribution in [0, 0.1) is 12.8 Å². The molecule has 1 aliphatic rings. The van der Waals surface area contributed by atoms with Crippen LogP contribution in [0.4, 0.5) is 0 Å². The Balaban J connectivity index is 1.54. The topological polar surface area (TPSA) is 65.2 Å². The number of benzene rings is 1. The Morgan fingerprint density at radius 1 is 1.25 bits per heavy atom. The van der Waals surface area contributed by atoms with Crippen molar-refractivity contribution in [1.82, 2.24) is 14.6 Å². The van der Waals surface area contributed by atoms with Gasteiger partial charge in [0.2, 0.25) is 10.0 Å². The Morgan fingerprint density at radius 2 is 2.04 bits per heavy atom. The first-order valence-corrected chi connectivity index (χ1v) is 9.92. The zero-order chi connectivity index (χ0) is 17.0. The molecule has 6 heteroatoms. The van der Waals surface area contributed by atoms with Crippen LogP contribution >= 0.6 is 0 Å². The molecule has 1 atom stereocenters. The average molecular weight is 347 g/mol. The fourth-order valence-corrected chi connectivity index (χ4v) is 4.31. The molecule has 2 aromatic rings. The van der Waals surface area contributed by atoms with E-state index in [0.29, 0.717) is 17.4 Å². The molecule has 0 aliphatic carbocycles. The second-order valence-corrected chi connectivity index (χ2v) is 8.37. The lowest BCUT2D eigenvalue weighted by atomic mass is 9.98. The molecule has 0 radical (unpaired) electrons. The monoisotopic (exact) mass is 347 g/mol. The predicted molar refractivity (Wildman–Crippen MR) is 95.2 cm³/mol. The van der Waals surface area contributed by atoms with Gasteiger partial charge in [-0.05, 0) is 56.5 Å². The lowest BCUT2D eigenvalue weighted by Gasteiger charge is -2.32. The van der Waals surface area contributed by atoms with E-state index in [-0.39, 0.29) is 0 Å². The molecule has 2 N–H and O–H groups in total. The van der Waals surface area contributed by atoms with Crippen LogP contribution in [0.15, 0.2) is 47.5 Å². The van der Waals surface area contributed by atoms with Crippen molar-refractivity contribution >= 4 is 10.0 Å². The lowest BCUT2D eigenvalue weighted by Crippen LogP contribution is -2.40. The van der Waals surface area contributed by atoms with Crippen LogP contribution in [0.1, 0.15) is 24.1 Å². The summed E-state index contributed by atoms with van der Waals surface area (Å²) in [5.74, 6) is 0.355. The summed E-state index contributed by atoms with van der Waals surface area (Å²) in [6.45, 7) is 5.34. The van der Waals surface area contributed by atoms with Crippen LogP contribution < -0.4 is 4.72 Å². The quantitative estimate of drug-likeness (QED) is 0.844. The van der Waals surface area contributed by atoms with E-state index in [0.717, 1.165) is 38.0 Å². The largest absolute Gasteiger partial charge is 0.364 e. The van der Waals surface area contributed by atoms with Crippen molar-refractivity contribution in [1.29, 1.82) is 0 Å². The normalized spacial score (nSPS) is 19.5. The minimum absolute atomic E-state index is 0.340. The number of likely N-dealkylation sites (tertiary alicyclic amines) is 1. The van der Waals surface area contributed by atoms with Gasteiger partial charge in [0, 0.05) is 31.5 Å². The van der Waals surface area contributed by atoms with Gasteiger partial charge in [-0.15, -0.1) is 0 Å². The van der Waals surface area contributed by atoms with Crippen molar-refractivity contribution in [2.45, 2.75) is 31.2 Å². The highest BCUT2D eigenvalue weighted by Crippen LogP contribution is 2.18. The van der Waals surface area contributed by atoms with E-state index in [9.17, 15) is 8.42 Å². The molecule has 24 heavy (non-hydrogen) atoms. The molecule has 1 aromatic carbocycles. The Kier molecular flexibility index (Phi) is 5.38. The van der Waals surface area contributed by atoms with Crippen LogP contribution in [0.5, 0.6) is 0 Å². The van der Waals surface area contributed by atoms with E-state index in [1.54, 1.807) is 12.1 Å². The number of aryl methyl sites for hydroxylation is 1. The number of H-pyrrole nitrogens is 1. The van der Waals surface area contributed by atoms with Gasteiger partial charge in [0.1, 0.15) is 0 Å². The second-order valence-electron chi connectivity index (χ2n) is 6.60. The van der Waals surface area contributed by atoms with E-state index in [4.69, 9.17) is 0 Å². The van der Waals surface area contributed by atoms with Gasteiger partial charge in [0.05, 0.1) is 4.90 Å². The molecular weight excluding hydrogens is 322 g/mol. The van der Waals surface area contributed by atoms with Crippen molar-refractivity contribution in [3.63, 3.8) is 0 Å². The van der Waals surface area contributed by atoms with Gasteiger partial charge in [0.15, 0.2) is 0 Å². The fourth-order valence-electron chi connectivity index (χ4n) is 3.20. The highest BCUT2D eigenvalue weighted by atomic mass is 32.2. The number of aromatic nitrogens is 1. The number of nitrogens with one attached hydrogen (secondary N) is 2.